The Bertz CT molecular complexity index is 1470. The molecule has 0 aliphatic carbocycles. The largest absolute Gasteiger partial charge is 0.456 e. The minimum atomic E-state index is -2.15. The Labute approximate surface area is 195 Å². The Morgan fingerprint density at radius 3 is 2.38 bits per heavy atom. The number of fused-ring (bicyclic) bond motifs is 3. The first kappa shape index (κ1) is 17.7. The molecule has 2 nitrogen and oxygen atoms in total. The molecule has 1 aliphatic heterocycles. The molecule has 0 N–H and O–H groups in total. The maximum absolute atomic E-state index is 7.90. The summed E-state index contributed by atoms with van der Waals surface area (Å²) in [7, 11) is 0. The molecule has 5 rings (SSSR count). The van der Waals surface area contributed by atoms with Crippen molar-refractivity contribution in [2.75, 3.05) is 0 Å². The van der Waals surface area contributed by atoms with Gasteiger partial charge in [0.1, 0.15) is 11.5 Å². The summed E-state index contributed by atoms with van der Waals surface area (Å²) in [6, 6.07) is 14.0. The molecule has 164 valence electrons. The molecule has 1 aromatic heterocycles. The van der Waals surface area contributed by atoms with Gasteiger partial charge in [-0.25, -0.2) is 0 Å². The van der Waals surface area contributed by atoms with Crippen LogP contribution in [-0.2, 0) is 12.8 Å². The van der Waals surface area contributed by atoms with Crippen LogP contribution in [0.5, 0.6) is 11.5 Å². The Morgan fingerprint density at radius 2 is 1.66 bits per heavy atom. The van der Waals surface area contributed by atoms with Crippen molar-refractivity contribution < 1.29 is 8.85 Å². The fourth-order valence-electron chi connectivity index (χ4n) is 4.91. The number of hydrogen-bond acceptors (Lipinski definition) is 2. The van der Waals surface area contributed by atoms with Crippen LogP contribution in [0.25, 0.3) is 32.8 Å². The number of ether oxygens (including phenoxy) is 1. The SMILES string of the molecule is [2H]C([2H])([2H])c1ccc2c(CC(C)(C)C)c3c(cc2c1)-c1nccc2cc(CC(C)(C)C)cc(c12)O3. The molecular weight excluding hydrogens is 390 g/mol. The van der Waals surface area contributed by atoms with Crippen LogP contribution in [0.4, 0.5) is 0 Å². The fourth-order valence-corrected chi connectivity index (χ4v) is 4.91. The molecule has 2 heterocycles. The van der Waals surface area contributed by atoms with Crippen molar-refractivity contribution in [2.45, 2.75) is 61.2 Å². The number of aromatic nitrogens is 1. The van der Waals surface area contributed by atoms with E-state index in [4.69, 9.17) is 13.8 Å². The fraction of sp³-hybridized carbons (Fsp3) is 0.367. The monoisotopic (exact) mass is 426 g/mol. The molecule has 3 aromatic carbocycles. The summed E-state index contributed by atoms with van der Waals surface area (Å²) in [5, 5.41) is 4.08. The van der Waals surface area contributed by atoms with Crippen LogP contribution >= 0.6 is 0 Å². The molecule has 2 heteroatoms. The Morgan fingerprint density at radius 1 is 0.875 bits per heavy atom. The Hall–Kier alpha value is -2.87. The van der Waals surface area contributed by atoms with Crippen molar-refractivity contribution in [3.8, 4) is 22.8 Å². The Balaban J connectivity index is 1.81. The van der Waals surface area contributed by atoms with Gasteiger partial charge in [0, 0.05) is 21.4 Å². The van der Waals surface area contributed by atoms with Crippen molar-refractivity contribution in [1.29, 1.82) is 0 Å². The number of benzene rings is 3. The molecular formula is C30H33NO. The summed E-state index contributed by atoms with van der Waals surface area (Å²) >= 11 is 0. The molecule has 0 unspecified atom stereocenters. The predicted octanol–water partition coefficient (Wildman–Crippen LogP) is 8.65. The van der Waals surface area contributed by atoms with Crippen LogP contribution in [0, 0.1) is 17.7 Å². The number of aryl methyl sites for hydroxylation is 1. The zero-order valence-corrected chi connectivity index (χ0v) is 19.9. The van der Waals surface area contributed by atoms with E-state index in [1.165, 1.54) is 5.56 Å². The van der Waals surface area contributed by atoms with Gasteiger partial charge in [-0.3, -0.25) is 4.98 Å². The van der Waals surface area contributed by atoms with Gasteiger partial charge in [-0.2, -0.15) is 0 Å². The molecule has 0 spiro atoms. The van der Waals surface area contributed by atoms with E-state index in [0.29, 0.717) is 5.56 Å². The first-order chi connectivity index (χ1) is 16.2. The smallest absolute Gasteiger partial charge is 0.140 e. The van der Waals surface area contributed by atoms with Crippen LogP contribution in [0.1, 0.15) is 62.3 Å². The highest BCUT2D eigenvalue weighted by Gasteiger charge is 2.28. The van der Waals surface area contributed by atoms with Crippen molar-refractivity contribution in [1.82, 2.24) is 4.98 Å². The van der Waals surface area contributed by atoms with Crippen LogP contribution in [0.3, 0.4) is 0 Å². The van der Waals surface area contributed by atoms with E-state index in [2.05, 4.69) is 59.7 Å². The van der Waals surface area contributed by atoms with Crippen molar-refractivity contribution in [3.63, 3.8) is 0 Å². The summed E-state index contributed by atoms with van der Waals surface area (Å²) in [6.07, 6.45) is 3.62. The van der Waals surface area contributed by atoms with Crippen molar-refractivity contribution in [3.05, 3.63) is 65.4 Å². The second-order valence-electron chi connectivity index (χ2n) is 11.6. The Kier molecular flexibility index (Phi) is 3.90. The average molecular weight is 427 g/mol. The molecule has 4 aromatic rings. The summed E-state index contributed by atoms with van der Waals surface area (Å²) in [4.78, 5) is 4.81. The topological polar surface area (TPSA) is 22.1 Å². The third kappa shape index (κ3) is 3.77. The van der Waals surface area contributed by atoms with Gasteiger partial charge in [0.25, 0.3) is 0 Å². The molecule has 0 saturated carbocycles. The first-order valence-electron chi connectivity index (χ1n) is 12.9. The third-order valence-electron chi connectivity index (χ3n) is 5.99. The molecule has 32 heavy (non-hydrogen) atoms. The molecule has 0 amide bonds. The van der Waals surface area contributed by atoms with Crippen LogP contribution in [-0.4, -0.2) is 4.98 Å². The van der Waals surface area contributed by atoms with Gasteiger partial charge in [0.05, 0.1) is 11.1 Å². The van der Waals surface area contributed by atoms with E-state index in [0.717, 1.165) is 62.7 Å². The highest BCUT2D eigenvalue weighted by Crippen LogP contribution is 2.50. The molecule has 0 bridgehead atoms. The average Bonchev–Trinajstić information content (AvgIpc) is 2.71. The standard InChI is InChI=1S/C30H33NO/c1-18-8-9-22-21(12-18)15-23-27-26-20(10-11-31-27)13-19(16-29(2,3)4)14-25(26)32-28(23)24(22)17-30(5,6)7/h8-15H,16-17H2,1-7H3/i1D3. The maximum atomic E-state index is 7.90. The lowest BCUT2D eigenvalue weighted by Gasteiger charge is -2.28. The van der Waals surface area contributed by atoms with Crippen LogP contribution in [0.15, 0.2) is 48.7 Å². The quantitative estimate of drug-likeness (QED) is 0.282. The molecule has 0 atom stereocenters. The van der Waals surface area contributed by atoms with E-state index in [-0.39, 0.29) is 10.8 Å². The van der Waals surface area contributed by atoms with Crippen LogP contribution < -0.4 is 4.74 Å². The van der Waals surface area contributed by atoms with E-state index in [9.17, 15) is 0 Å². The summed E-state index contributed by atoms with van der Waals surface area (Å²) < 4.78 is 30.4. The number of hydrogen-bond donors (Lipinski definition) is 0. The van der Waals surface area contributed by atoms with E-state index < -0.39 is 6.85 Å². The summed E-state index contributed by atoms with van der Waals surface area (Å²) in [6.45, 7) is 11.2. The number of pyridine rings is 1. The van der Waals surface area contributed by atoms with Gasteiger partial charge in [0.2, 0.25) is 0 Å². The van der Waals surface area contributed by atoms with Gasteiger partial charge in [0.15, 0.2) is 0 Å². The van der Waals surface area contributed by atoms with Crippen LogP contribution in [0.2, 0.25) is 0 Å². The summed E-state index contributed by atoms with van der Waals surface area (Å²) in [5.74, 6) is 1.69. The minimum Gasteiger partial charge on any atom is -0.456 e. The van der Waals surface area contributed by atoms with E-state index in [1.807, 2.05) is 18.3 Å². The molecule has 0 saturated heterocycles. The second-order valence-corrected chi connectivity index (χ2v) is 11.6. The second kappa shape index (κ2) is 7.07. The van der Waals surface area contributed by atoms with Gasteiger partial charge in [-0.05, 0) is 70.4 Å². The summed E-state index contributed by atoms with van der Waals surface area (Å²) in [5.41, 5.74) is 4.72. The lowest BCUT2D eigenvalue weighted by Crippen LogP contribution is -2.13. The highest BCUT2D eigenvalue weighted by atomic mass is 16.5. The van der Waals surface area contributed by atoms with Gasteiger partial charge >= 0.3 is 0 Å². The zero-order valence-electron chi connectivity index (χ0n) is 22.9. The lowest BCUT2D eigenvalue weighted by molar-refractivity contribution is 0.398. The normalized spacial score (nSPS) is 15.1. The first-order valence-corrected chi connectivity index (χ1v) is 11.4. The van der Waals surface area contributed by atoms with Gasteiger partial charge in [-0.15, -0.1) is 0 Å². The van der Waals surface area contributed by atoms with E-state index >= 15 is 0 Å². The number of nitrogens with zero attached hydrogens (tertiary/aromatic N) is 1. The molecule has 1 aliphatic rings. The molecule has 0 fully saturated rings. The van der Waals surface area contributed by atoms with Crippen molar-refractivity contribution in [2.24, 2.45) is 10.8 Å². The maximum Gasteiger partial charge on any atom is 0.140 e. The van der Waals surface area contributed by atoms with Gasteiger partial charge < -0.3 is 4.74 Å². The molecule has 0 radical (unpaired) electrons. The predicted molar refractivity (Wildman–Crippen MR) is 136 cm³/mol. The minimum absolute atomic E-state index is 0.0158. The van der Waals surface area contributed by atoms with Gasteiger partial charge in [-0.1, -0.05) is 71.4 Å². The zero-order chi connectivity index (χ0) is 25.3. The third-order valence-corrected chi connectivity index (χ3v) is 5.99. The number of rotatable bonds is 2. The van der Waals surface area contributed by atoms with E-state index in [1.54, 1.807) is 12.1 Å². The van der Waals surface area contributed by atoms with Crippen molar-refractivity contribution >= 4 is 21.5 Å². The highest BCUT2D eigenvalue weighted by molar-refractivity contribution is 6.06. The lowest BCUT2D eigenvalue weighted by atomic mass is 9.83.